The fraction of sp³-hybridized carbons (Fsp3) is 0.444. The Kier molecular flexibility index (Phi) is 7.82. The number of alkyl halides is 1. The molecule has 0 amide bonds. The van der Waals surface area contributed by atoms with Gasteiger partial charge in [0.15, 0.2) is 0 Å². The highest BCUT2D eigenvalue weighted by Crippen LogP contribution is 2.36. The van der Waals surface area contributed by atoms with Crippen LogP contribution in [0.1, 0.15) is 74.8 Å². The van der Waals surface area contributed by atoms with Gasteiger partial charge in [-0.3, -0.25) is 4.99 Å². The first-order valence-corrected chi connectivity index (χ1v) is 12.0. The molecule has 0 aromatic heterocycles. The van der Waals surface area contributed by atoms with Gasteiger partial charge in [0.1, 0.15) is 0 Å². The van der Waals surface area contributed by atoms with Crippen molar-refractivity contribution >= 4 is 29.4 Å². The van der Waals surface area contributed by atoms with Gasteiger partial charge in [0.05, 0.1) is 0 Å². The molecular formula is C27H33Cl2N. The average molecular weight is 442 g/mol. The van der Waals surface area contributed by atoms with Crippen molar-refractivity contribution in [1.82, 2.24) is 0 Å². The number of nitrogens with zero attached hydrogens (tertiary/aromatic N) is 1. The monoisotopic (exact) mass is 441 g/mol. The van der Waals surface area contributed by atoms with Crippen LogP contribution >= 0.6 is 23.2 Å². The molecule has 2 aromatic carbocycles. The molecule has 0 N–H and O–H groups in total. The summed E-state index contributed by atoms with van der Waals surface area (Å²) in [5, 5.41) is 0.896. The van der Waals surface area contributed by atoms with Crippen LogP contribution in [0.25, 0.3) is 0 Å². The van der Waals surface area contributed by atoms with Crippen LogP contribution in [-0.2, 0) is 24.7 Å². The average Bonchev–Trinajstić information content (AvgIpc) is 3.13. The second-order valence-corrected chi connectivity index (χ2v) is 9.58. The van der Waals surface area contributed by atoms with E-state index in [1.807, 2.05) is 6.21 Å². The third kappa shape index (κ3) is 5.18. The molecule has 0 unspecified atom stereocenters. The summed E-state index contributed by atoms with van der Waals surface area (Å²) in [6.07, 6.45) is 8.09. The maximum absolute atomic E-state index is 6.77. The Morgan fingerprint density at radius 2 is 1.77 bits per heavy atom. The lowest BCUT2D eigenvalue weighted by atomic mass is 9.76. The van der Waals surface area contributed by atoms with Crippen molar-refractivity contribution in [1.29, 1.82) is 0 Å². The van der Waals surface area contributed by atoms with Gasteiger partial charge >= 0.3 is 0 Å². The molecule has 0 fully saturated rings. The summed E-state index contributed by atoms with van der Waals surface area (Å²) in [4.78, 5) is 4.40. The van der Waals surface area contributed by atoms with Crippen LogP contribution in [-0.4, -0.2) is 12.1 Å². The quantitative estimate of drug-likeness (QED) is 0.275. The first kappa shape index (κ1) is 23.1. The maximum atomic E-state index is 6.77. The van der Waals surface area contributed by atoms with Crippen molar-refractivity contribution in [2.75, 3.05) is 5.88 Å². The smallest absolute Gasteiger partial charge is 0.0443 e. The molecule has 0 bridgehead atoms. The lowest BCUT2D eigenvalue weighted by Gasteiger charge is -2.28. The van der Waals surface area contributed by atoms with E-state index in [0.29, 0.717) is 5.88 Å². The molecule has 1 nitrogen and oxygen atoms in total. The van der Waals surface area contributed by atoms with Crippen molar-refractivity contribution in [3.05, 3.63) is 80.5 Å². The first-order chi connectivity index (χ1) is 14.4. The third-order valence-electron chi connectivity index (χ3n) is 6.43. The number of aryl methyl sites for hydroxylation is 1. The third-order valence-corrected chi connectivity index (χ3v) is 7.03. The van der Waals surface area contributed by atoms with Gasteiger partial charge < -0.3 is 0 Å². The summed E-state index contributed by atoms with van der Waals surface area (Å²) < 4.78 is 0. The van der Waals surface area contributed by atoms with E-state index in [4.69, 9.17) is 23.2 Å². The van der Waals surface area contributed by atoms with E-state index in [0.717, 1.165) is 43.5 Å². The van der Waals surface area contributed by atoms with Crippen molar-refractivity contribution in [2.45, 2.75) is 71.6 Å². The van der Waals surface area contributed by atoms with Crippen LogP contribution in [0.3, 0.4) is 0 Å². The van der Waals surface area contributed by atoms with E-state index in [9.17, 15) is 0 Å². The van der Waals surface area contributed by atoms with Crippen LogP contribution in [0.5, 0.6) is 0 Å². The topological polar surface area (TPSA) is 12.4 Å². The van der Waals surface area contributed by atoms with Gasteiger partial charge in [-0.1, -0.05) is 62.7 Å². The van der Waals surface area contributed by atoms with E-state index in [2.05, 4.69) is 69.1 Å². The number of benzene rings is 2. The number of allylic oxidation sites excluding steroid dienone is 2. The molecule has 0 saturated heterocycles. The van der Waals surface area contributed by atoms with Crippen LogP contribution in [0, 0.1) is 0 Å². The van der Waals surface area contributed by atoms with Crippen LogP contribution in [0.2, 0.25) is 5.02 Å². The molecule has 0 saturated carbocycles. The molecule has 0 spiro atoms. The number of hydrogen-bond acceptors (Lipinski definition) is 1. The summed E-state index contributed by atoms with van der Waals surface area (Å²) in [6, 6.07) is 13.6. The molecule has 3 rings (SSSR count). The zero-order valence-corrected chi connectivity index (χ0v) is 20.2. The minimum absolute atomic E-state index is 0.105. The summed E-state index contributed by atoms with van der Waals surface area (Å²) in [7, 11) is 0. The lowest BCUT2D eigenvalue weighted by Crippen LogP contribution is -2.19. The second kappa shape index (κ2) is 10.2. The number of aliphatic imine (C=N–C) groups is 1. The van der Waals surface area contributed by atoms with Gasteiger partial charge in [-0.25, -0.2) is 0 Å². The van der Waals surface area contributed by atoms with Crippen LogP contribution in [0.4, 0.5) is 0 Å². The Bertz CT molecular complexity index is 936. The molecule has 3 heteroatoms. The predicted octanol–water partition coefficient (Wildman–Crippen LogP) is 8.08. The van der Waals surface area contributed by atoms with Gasteiger partial charge in [0, 0.05) is 34.7 Å². The molecule has 1 aliphatic rings. The van der Waals surface area contributed by atoms with Crippen molar-refractivity contribution in [2.24, 2.45) is 4.99 Å². The molecule has 1 heterocycles. The molecule has 0 radical (unpaired) electrons. The number of unbranched alkanes of at least 4 members (excludes halogenated alkanes) is 1. The maximum Gasteiger partial charge on any atom is 0.0443 e. The van der Waals surface area contributed by atoms with Crippen LogP contribution in [0.15, 0.2) is 52.7 Å². The molecule has 1 aliphatic heterocycles. The Morgan fingerprint density at radius 1 is 1.03 bits per heavy atom. The van der Waals surface area contributed by atoms with Crippen LogP contribution < -0.4 is 0 Å². The lowest BCUT2D eigenvalue weighted by molar-refractivity contribution is 0.638. The fourth-order valence-electron chi connectivity index (χ4n) is 4.23. The molecule has 2 aromatic rings. The highest BCUT2D eigenvalue weighted by Gasteiger charge is 2.25. The van der Waals surface area contributed by atoms with Gasteiger partial charge in [0.25, 0.3) is 0 Å². The SMILES string of the molecule is CCc1cc(C(C)(C)c2ccc(CC3=C(C)N=CC3)cc2)cc(Cl)c1CCCCCl. The highest BCUT2D eigenvalue weighted by atomic mass is 35.5. The molecule has 160 valence electrons. The van der Waals surface area contributed by atoms with Gasteiger partial charge in [0.2, 0.25) is 0 Å². The van der Waals surface area contributed by atoms with Gasteiger partial charge in [-0.15, -0.1) is 11.6 Å². The van der Waals surface area contributed by atoms with E-state index >= 15 is 0 Å². The first-order valence-electron chi connectivity index (χ1n) is 11.0. The number of halogens is 2. The van der Waals surface area contributed by atoms with E-state index in [1.165, 1.54) is 39.1 Å². The van der Waals surface area contributed by atoms with Gasteiger partial charge in [-0.05, 0) is 78.5 Å². The minimum atomic E-state index is -0.105. The summed E-state index contributed by atoms with van der Waals surface area (Å²) in [6.45, 7) is 8.89. The zero-order valence-electron chi connectivity index (χ0n) is 18.7. The molecule has 30 heavy (non-hydrogen) atoms. The van der Waals surface area contributed by atoms with Crippen molar-refractivity contribution in [3.8, 4) is 0 Å². The molecular weight excluding hydrogens is 409 g/mol. The normalized spacial score (nSPS) is 14.1. The number of hydrogen-bond donors (Lipinski definition) is 0. The summed E-state index contributed by atoms with van der Waals surface area (Å²) in [5.74, 6) is 0.712. The Labute approximate surface area is 192 Å². The molecule has 0 atom stereocenters. The molecule has 0 aliphatic carbocycles. The van der Waals surface area contributed by atoms with Crippen molar-refractivity contribution in [3.63, 3.8) is 0 Å². The Balaban J connectivity index is 1.83. The van der Waals surface area contributed by atoms with Crippen molar-refractivity contribution < 1.29 is 0 Å². The fourth-order valence-corrected chi connectivity index (χ4v) is 4.75. The second-order valence-electron chi connectivity index (χ2n) is 8.80. The summed E-state index contributed by atoms with van der Waals surface area (Å²) in [5.41, 5.74) is 9.08. The minimum Gasteiger partial charge on any atom is -0.266 e. The van der Waals surface area contributed by atoms with E-state index < -0.39 is 0 Å². The van der Waals surface area contributed by atoms with E-state index in [-0.39, 0.29) is 5.41 Å². The van der Waals surface area contributed by atoms with E-state index in [1.54, 1.807) is 0 Å². The highest BCUT2D eigenvalue weighted by molar-refractivity contribution is 6.31. The predicted molar refractivity (Wildman–Crippen MR) is 133 cm³/mol. The largest absolute Gasteiger partial charge is 0.266 e. The Morgan fingerprint density at radius 3 is 2.37 bits per heavy atom. The summed E-state index contributed by atoms with van der Waals surface area (Å²) >= 11 is 12.6. The zero-order chi connectivity index (χ0) is 21.7. The van der Waals surface area contributed by atoms with Gasteiger partial charge in [-0.2, -0.15) is 0 Å². The standard InChI is InChI=1S/C27H33Cl2N/c1-5-21-17-24(18-26(29)25(21)8-6-7-14-28)27(3,4)23-11-9-20(10-12-23)16-22-13-15-30-19(22)2/h9-12,15,17-18H,5-8,13-14,16H2,1-4H3. The number of rotatable bonds is 9. The Hall–Kier alpha value is -1.57.